The highest BCUT2D eigenvalue weighted by atomic mass is 32.2. The molecular weight excluding hydrogens is 488 g/mol. The maximum Gasteiger partial charge on any atom is 0.340 e. The SMILES string of the molecule is COC(=O)c1cc(OC)c(OC)cc1NC(=O)COc1ccc(S(=O)(=O)NCc2ccccc2)cc1. The van der Waals surface area contributed by atoms with E-state index in [1.165, 1.54) is 57.7 Å². The van der Waals surface area contributed by atoms with E-state index in [0.717, 1.165) is 5.56 Å². The number of sulfonamides is 1. The number of nitrogens with one attached hydrogen (secondary N) is 2. The molecule has 0 unspecified atom stereocenters. The van der Waals surface area contributed by atoms with Crippen LogP contribution in [0.3, 0.4) is 0 Å². The van der Waals surface area contributed by atoms with Crippen LogP contribution in [0.4, 0.5) is 5.69 Å². The van der Waals surface area contributed by atoms with Crippen molar-refractivity contribution >= 4 is 27.6 Å². The predicted molar refractivity (Wildman–Crippen MR) is 132 cm³/mol. The predicted octanol–water partition coefficient (Wildman–Crippen LogP) is 2.99. The standard InChI is InChI=1S/C25H26N2O8S/c1-32-22-13-20(25(29)34-3)21(14-23(22)33-2)27-24(28)16-35-18-9-11-19(12-10-18)36(30,31)26-15-17-7-5-4-6-8-17/h4-14,26H,15-16H2,1-3H3,(H,27,28). The van der Waals surface area contributed by atoms with Gasteiger partial charge in [0, 0.05) is 18.7 Å². The summed E-state index contributed by atoms with van der Waals surface area (Å²) < 4.78 is 48.2. The molecule has 190 valence electrons. The number of carbonyl (C=O) groups is 2. The highest BCUT2D eigenvalue weighted by molar-refractivity contribution is 7.89. The summed E-state index contributed by atoms with van der Waals surface area (Å²) in [5.74, 6) is -0.356. The Labute approximate surface area is 209 Å². The third kappa shape index (κ3) is 6.74. The molecule has 10 nitrogen and oxygen atoms in total. The van der Waals surface area contributed by atoms with E-state index in [4.69, 9.17) is 18.9 Å². The molecule has 1 amide bonds. The van der Waals surface area contributed by atoms with Crippen molar-refractivity contribution in [2.24, 2.45) is 0 Å². The molecule has 0 saturated carbocycles. The van der Waals surface area contributed by atoms with Crippen LogP contribution in [0.25, 0.3) is 0 Å². The fourth-order valence-electron chi connectivity index (χ4n) is 3.17. The number of esters is 1. The monoisotopic (exact) mass is 514 g/mol. The van der Waals surface area contributed by atoms with Crippen LogP contribution < -0.4 is 24.2 Å². The summed E-state index contributed by atoms with van der Waals surface area (Å²) in [5.41, 5.74) is 1.05. The van der Waals surface area contributed by atoms with E-state index in [0.29, 0.717) is 11.5 Å². The Bertz CT molecular complexity index is 1310. The molecule has 11 heteroatoms. The van der Waals surface area contributed by atoms with Crippen LogP contribution in [0.1, 0.15) is 15.9 Å². The fraction of sp³-hybridized carbons (Fsp3) is 0.200. The molecule has 0 saturated heterocycles. The highest BCUT2D eigenvalue weighted by Crippen LogP contribution is 2.33. The Morgan fingerprint density at radius 1 is 0.861 bits per heavy atom. The lowest BCUT2D eigenvalue weighted by Crippen LogP contribution is -2.23. The maximum atomic E-state index is 12.5. The number of anilines is 1. The molecule has 0 aromatic heterocycles. The number of amides is 1. The smallest absolute Gasteiger partial charge is 0.340 e. The first-order valence-corrected chi connectivity index (χ1v) is 12.2. The van der Waals surface area contributed by atoms with E-state index in [9.17, 15) is 18.0 Å². The summed E-state index contributed by atoms with van der Waals surface area (Å²) in [5, 5.41) is 2.58. The minimum Gasteiger partial charge on any atom is -0.493 e. The zero-order valence-electron chi connectivity index (χ0n) is 19.9. The lowest BCUT2D eigenvalue weighted by molar-refractivity contribution is -0.118. The molecule has 0 bridgehead atoms. The Kier molecular flexibility index (Phi) is 8.87. The normalized spacial score (nSPS) is 10.9. The summed E-state index contributed by atoms with van der Waals surface area (Å²) >= 11 is 0. The third-order valence-electron chi connectivity index (χ3n) is 5.02. The Balaban J connectivity index is 1.63. The summed E-state index contributed by atoms with van der Waals surface area (Å²) in [6.07, 6.45) is 0. The molecule has 3 aromatic rings. The second-order valence-electron chi connectivity index (χ2n) is 7.36. The second-order valence-corrected chi connectivity index (χ2v) is 9.13. The van der Waals surface area contributed by atoms with Crippen LogP contribution in [-0.4, -0.2) is 48.2 Å². The molecule has 0 radical (unpaired) electrons. The number of benzene rings is 3. The van der Waals surface area contributed by atoms with Crippen molar-refractivity contribution in [2.45, 2.75) is 11.4 Å². The van der Waals surface area contributed by atoms with Gasteiger partial charge in [-0.1, -0.05) is 30.3 Å². The van der Waals surface area contributed by atoms with Gasteiger partial charge in [0.1, 0.15) is 5.75 Å². The second kappa shape index (κ2) is 12.0. The molecule has 0 heterocycles. The summed E-state index contributed by atoms with van der Waals surface area (Å²) in [4.78, 5) is 24.7. The first kappa shape index (κ1) is 26.5. The number of hydrogen-bond donors (Lipinski definition) is 2. The summed E-state index contributed by atoms with van der Waals surface area (Å²) in [6, 6.07) is 17.6. The minimum absolute atomic E-state index is 0.0586. The van der Waals surface area contributed by atoms with Gasteiger partial charge >= 0.3 is 5.97 Å². The highest BCUT2D eigenvalue weighted by Gasteiger charge is 2.19. The van der Waals surface area contributed by atoms with Crippen LogP contribution in [0.5, 0.6) is 17.2 Å². The van der Waals surface area contributed by atoms with Crippen molar-refractivity contribution in [1.82, 2.24) is 4.72 Å². The van der Waals surface area contributed by atoms with Gasteiger partial charge in [0.15, 0.2) is 18.1 Å². The molecule has 3 aromatic carbocycles. The Morgan fingerprint density at radius 2 is 1.50 bits per heavy atom. The van der Waals surface area contributed by atoms with Crippen LogP contribution in [-0.2, 0) is 26.1 Å². The van der Waals surface area contributed by atoms with Gasteiger partial charge in [-0.15, -0.1) is 0 Å². The minimum atomic E-state index is -3.73. The number of hydrogen-bond acceptors (Lipinski definition) is 8. The van der Waals surface area contributed by atoms with Gasteiger partial charge in [-0.05, 0) is 29.8 Å². The third-order valence-corrected chi connectivity index (χ3v) is 6.43. The topological polar surface area (TPSA) is 129 Å². The van der Waals surface area contributed by atoms with Crippen molar-refractivity contribution in [3.63, 3.8) is 0 Å². The molecule has 0 aliphatic carbocycles. The fourth-order valence-corrected chi connectivity index (χ4v) is 4.19. The molecule has 0 spiro atoms. The molecule has 36 heavy (non-hydrogen) atoms. The molecule has 0 aliphatic rings. The zero-order chi connectivity index (χ0) is 26.1. The molecular formula is C25H26N2O8S. The van der Waals surface area contributed by atoms with Gasteiger partial charge in [-0.25, -0.2) is 17.9 Å². The van der Waals surface area contributed by atoms with Gasteiger partial charge in [0.25, 0.3) is 5.91 Å². The van der Waals surface area contributed by atoms with Crippen molar-refractivity contribution in [3.05, 3.63) is 77.9 Å². The van der Waals surface area contributed by atoms with Gasteiger partial charge in [0.05, 0.1) is 37.5 Å². The van der Waals surface area contributed by atoms with E-state index < -0.39 is 28.5 Å². The van der Waals surface area contributed by atoms with E-state index >= 15 is 0 Å². The molecule has 0 atom stereocenters. The first-order valence-electron chi connectivity index (χ1n) is 10.7. The van der Waals surface area contributed by atoms with Crippen LogP contribution >= 0.6 is 0 Å². The summed E-state index contributed by atoms with van der Waals surface area (Å²) in [6.45, 7) is -0.237. The number of methoxy groups -OCH3 is 3. The van der Waals surface area contributed by atoms with Gasteiger partial charge < -0.3 is 24.3 Å². The van der Waals surface area contributed by atoms with E-state index in [2.05, 4.69) is 10.0 Å². The van der Waals surface area contributed by atoms with Crippen molar-refractivity contribution < 1.29 is 37.0 Å². The number of rotatable bonds is 11. The number of ether oxygens (including phenoxy) is 4. The van der Waals surface area contributed by atoms with Crippen LogP contribution in [0.2, 0.25) is 0 Å². The van der Waals surface area contributed by atoms with E-state index in [1.807, 2.05) is 30.3 Å². The van der Waals surface area contributed by atoms with Gasteiger partial charge in [-0.2, -0.15) is 0 Å². The van der Waals surface area contributed by atoms with Gasteiger partial charge in [0.2, 0.25) is 10.0 Å². The van der Waals surface area contributed by atoms with Crippen molar-refractivity contribution in [3.8, 4) is 17.2 Å². The average Bonchev–Trinajstić information content (AvgIpc) is 2.91. The molecule has 2 N–H and O–H groups in total. The van der Waals surface area contributed by atoms with Crippen molar-refractivity contribution in [1.29, 1.82) is 0 Å². The average molecular weight is 515 g/mol. The quantitative estimate of drug-likeness (QED) is 0.374. The molecule has 0 aliphatic heterocycles. The Hall–Kier alpha value is -4.09. The Morgan fingerprint density at radius 3 is 2.11 bits per heavy atom. The maximum absolute atomic E-state index is 12.5. The molecule has 3 rings (SSSR count). The van der Waals surface area contributed by atoms with Gasteiger partial charge in [-0.3, -0.25) is 4.79 Å². The largest absolute Gasteiger partial charge is 0.493 e. The molecule has 0 fully saturated rings. The van der Waals surface area contributed by atoms with E-state index in [1.54, 1.807) is 0 Å². The first-order chi connectivity index (χ1) is 17.3. The summed E-state index contributed by atoms with van der Waals surface area (Å²) in [7, 11) is 0.331. The number of carbonyl (C=O) groups excluding carboxylic acids is 2. The lowest BCUT2D eigenvalue weighted by Gasteiger charge is -2.15. The van der Waals surface area contributed by atoms with Crippen LogP contribution in [0.15, 0.2) is 71.6 Å². The zero-order valence-corrected chi connectivity index (χ0v) is 20.8. The van der Waals surface area contributed by atoms with Crippen LogP contribution in [0, 0.1) is 0 Å². The lowest BCUT2D eigenvalue weighted by atomic mass is 10.1. The van der Waals surface area contributed by atoms with Crippen molar-refractivity contribution in [2.75, 3.05) is 33.3 Å². The van der Waals surface area contributed by atoms with E-state index in [-0.39, 0.29) is 28.4 Å².